The molecule has 0 unspecified atom stereocenters. The number of hydrogen-bond acceptors (Lipinski definition) is 3. The van der Waals surface area contributed by atoms with Crippen LogP contribution in [0.3, 0.4) is 0 Å². The Bertz CT molecular complexity index is 1160. The van der Waals surface area contributed by atoms with Gasteiger partial charge in [0, 0.05) is 12.0 Å². The van der Waals surface area contributed by atoms with Gasteiger partial charge < -0.3 is 10.1 Å². The van der Waals surface area contributed by atoms with E-state index in [1.165, 1.54) is 0 Å². The van der Waals surface area contributed by atoms with E-state index in [4.69, 9.17) is 28.6 Å². The first-order valence-electron chi connectivity index (χ1n) is 9.59. The Labute approximate surface area is 207 Å². The van der Waals surface area contributed by atoms with E-state index in [-0.39, 0.29) is 21.4 Å². The molecule has 172 valence electrons. The number of thiocarbonyl (C=S) groups is 1. The van der Waals surface area contributed by atoms with Gasteiger partial charge in [0.1, 0.15) is 5.75 Å². The molecule has 3 aromatic rings. The molecule has 3 aromatic carbocycles. The van der Waals surface area contributed by atoms with Gasteiger partial charge in [-0.15, -0.1) is 0 Å². The molecule has 0 radical (unpaired) electrons. The Morgan fingerprint density at radius 3 is 2.45 bits per heavy atom. The average Bonchev–Trinajstić information content (AvgIpc) is 2.76. The van der Waals surface area contributed by atoms with Gasteiger partial charge in [-0.3, -0.25) is 10.1 Å². The van der Waals surface area contributed by atoms with Gasteiger partial charge in [0.05, 0.1) is 27.4 Å². The van der Waals surface area contributed by atoms with Gasteiger partial charge in [-0.1, -0.05) is 41.9 Å². The Morgan fingerprint density at radius 2 is 1.79 bits per heavy atom. The molecule has 2 N–H and O–H groups in total. The fraction of sp³-hybridized carbons (Fsp3) is 0.130. The zero-order valence-electron chi connectivity index (χ0n) is 16.9. The summed E-state index contributed by atoms with van der Waals surface area (Å²) in [5.41, 5.74) is 0.457. The molecule has 0 atom stereocenters. The van der Waals surface area contributed by atoms with E-state index in [1.807, 2.05) is 30.3 Å². The highest BCUT2D eigenvalue weighted by molar-refractivity contribution is 9.10. The molecule has 3 rings (SSSR count). The Kier molecular flexibility index (Phi) is 8.34. The molecule has 0 aliphatic carbocycles. The molecule has 0 fully saturated rings. The summed E-state index contributed by atoms with van der Waals surface area (Å²) < 4.78 is 45.1. The van der Waals surface area contributed by atoms with Gasteiger partial charge >= 0.3 is 6.18 Å². The zero-order valence-corrected chi connectivity index (χ0v) is 20.0. The van der Waals surface area contributed by atoms with Gasteiger partial charge in [0.2, 0.25) is 0 Å². The van der Waals surface area contributed by atoms with E-state index >= 15 is 0 Å². The molecule has 0 saturated heterocycles. The first-order valence-corrected chi connectivity index (χ1v) is 11.2. The number of halogens is 5. The third kappa shape index (κ3) is 7.18. The van der Waals surface area contributed by atoms with Crippen LogP contribution in [-0.4, -0.2) is 17.6 Å². The number of amides is 1. The maximum Gasteiger partial charge on any atom is 0.416 e. The number of alkyl halides is 3. The lowest BCUT2D eigenvalue weighted by Gasteiger charge is -2.14. The molecule has 10 heteroatoms. The summed E-state index contributed by atoms with van der Waals surface area (Å²) in [7, 11) is 0. The molecule has 0 aromatic heterocycles. The number of benzene rings is 3. The molecule has 0 aliphatic heterocycles. The van der Waals surface area contributed by atoms with Crippen LogP contribution in [-0.2, 0) is 12.6 Å². The Morgan fingerprint density at radius 1 is 1.06 bits per heavy atom. The number of anilines is 1. The van der Waals surface area contributed by atoms with Gasteiger partial charge in [0.25, 0.3) is 5.91 Å². The smallest absolute Gasteiger partial charge is 0.416 e. The molecular weight excluding hydrogens is 541 g/mol. The molecule has 0 saturated carbocycles. The van der Waals surface area contributed by atoms with Crippen molar-refractivity contribution in [2.75, 3.05) is 11.9 Å². The second kappa shape index (κ2) is 11.0. The third-order valence-corrected chi connectivity index (χ3v) is 5.61. The second-order valence-electron chi connectivity index (χ2n) is 6.83. The first-order chi connectivity index (χ1) is 15.6. The minimum atomic E-state index is -4.54. The zero-order chi connectivity index (χ0) is 24.0. The average molecular weight is 558 g/mol. The standard InChI is InChI=1S/C23H17BrClF3N2O2S/c24-17-12-15(6-9-20(17)32-11-10-14-4-2-1-3-5-14)21(31)30-22(33)29-19-13-16(23(26,27)28)7-8-18(19)25/h1-9,12-13H,10-11H2,(H2,29,30,31,33). The van der Waals surface area contributed by atoms with Crippen LogP contribution >= 0.6 is 39.7 Å². The summed E-state index contributed by atoms with van der Waals surface area (Å²) in [4.78, 5) is 12.5. The monoisotopic (exact) mass is 556 g/mol. The van der Waals surface area contributed by atoms with E-state index in [2.05, 4.69) is 26.6 Å². The van der Waals surface area contributed by atoms with Crippen molar-refractivity contribution in [3.05, 3.63) is 92.9 Å². The van der Waals surface area contributed by atoms with Gasteiger partial charge in [0.15, 0.2) is 5.11 Å². The number of nitrogens with one attached hydrogen (secondary N) is 2. The third-order valence-electron chi connectivity index (χ3n) is 4.45. The Hall–Kier alpha value is -2.62. The van der Waals surface area contributed by atoms with Crippen molar-refractivity contribution in [1.29, 1.82) is 0 Å². The summed E-state index contributed by atoms with van der Waals surface area (Å²) in [6.45, 7) is 0.458. The molecule has 33 heavy (non-hydrogen) atoms. The van der Waals surface area contributed by atoms with Crippen molar-refractivity contribution in [2.24, 2.45) is 0 Å². The van der Waals surface area contributed by atoms with E-state index in [9.17, 15) is 18.0 Å². The maximum atomic E-state index is 12.9. The van der Waals surface area contributed by atoms with E-state index < -0.39 is 17.6 Å². The highest BCUT2D eigenvalue weighted by atomic mass is 79.9. The quantitative estimate of drug-likeness (QED) is 0.325. The Balaban J connectivity index is 1.59. The van der Waals surface area contributed by atoms with Crippen molar-refractivity contribution in [3.63, 3.8) is 0 Å². The van der Waals surface area contributed by atoms with Crippen LogP contribution in [0.15, 0.2) is 71.2 Å². The van der Waals surface area contributed by atoms with E-state index in [0.29, 0.717) is 16.8 Å². The van der Waals surface area contributed by atoms with Crippen molar-refractivity contribution in [2.45, 2.75) is 12.6 Å². The molecular formula is C23H17BrClF3N2O2S. The van der Waals surface area contributed by atoms with Crippen LogP contribution < -0.4 is 15.4 Å². The second-order valence-corrected chi connectivity index (χ2v) is 8.50. The van der Waals surface area contributed by atoms with Crippen molar-refractivity contribution in [1.82, 2.24) is 5.32 Å². The minimum absolute atomic E-state index is 0.0272. The number of hydrogen-bond donors (Lipinski definition) is 2. The fourth-order valence-corrected chi connectivity index (χ4v) is 3.67. The predicted molar refractivity (Wildman–Crippen MR) is 130 cm³/mol. The molecule has 1 amide bonds. The largest absolute Gasteiger partial charge is 0.492 e. The fourth-order valence-electron chi connectivity index (χ4n) is 2.81. The van der Waals surface area contributed by atoms with Crippen LogP contribution in [0.4, 0.5) is 18.9 Å². The van der Waals surface area contributed by atoms with Crippen LogP contribution in [0.5, 0.6) is 5.75 Å². The molecule has 0 heterocycles. The van der Waals surface area contributed by atoms with Crippen molar-refractivity contribution in [3.8, 4) is 5.75 Å². The number of ether oxygens (including phenoxy) is 1. The van der Waals surface area contributed by atoms with Gasteiger partial charge in [-0.25, -0.2) is 0 Å². The first kappa shape index (κ1) is 25.0. The summed E-state index contributed by atoms with van der Waals surface area (Å²) in [5.74, 6) is 0.0195. The minimum Gasteiger partial charge on any atom is -0.492 e. The normalized spacial score (nSPS) is 11.1. The molecule has 0 spiro atoms. The molecule has 0 bridgehead atoms. The SMILES string of the molecule is O=C(NC(=S)Nc1cc(C(F)(F)F)ccc1Cl)c1ccc(OCCc2ccccc2)c(Br)c1. The van der Waals surface area contributed by atoms with Gasteiger partial charge in [-0.2, -0.15) is 13.2 Å². The lowest BCUT2D eigenvalue weighted by atomic mass is 10.2. The predicted octanol–water partition coefficient (Wildman–Crippen LogP) is 6.87. The number of rotatable bonds is 6. The van der Waals surface area contributed by atoms with Crippen molar-refractivity contribution < 1.29 is 22.7 Å². The summed E-state index contributed by atoms with van der Waals surface area (Å²) >= 11 is 14.4. The summed E-state index contributed by atoms with van der Waals surface area (Å²) in [6.07, 6.45) is -3.81. The summed E-state index contributed by atoms with van der Waals surface area (Å²) in [6, 6.07) is 17.4. The van der Waals surface area contributed by atoms with Crippen LogP contribution in [0.25, 0.3) is 0 Å². The topological polar surface area (TPSA) is 50.4 Å². The summed E-state index contributed by atoms with van der Waals surface area (Å²) in [5, 5.41) is 4.78. The number of carbonyl (C=O) groups is 1. The van der Waals surface area contributed by atoms with E-state index in [1.54, 1.807) is 18.2 Å². The lowest BCUT2D eigenvalue weighted by Crippen LogP contribution is -2.34. The lowest BCUT2D eigenvalue weighted by molar-refractivity contribution is -0.137. The highest BCUT2D eigenvalue weighted by Gasteiger charge is 2.31. The van der Waals surface area contributed by atoms with Crippen molar-refractivity contribution >= 4 is 56.5 Å². The molecule has 4 nitrogen and oxygen atoms in total. The van der Waals surface area contributed by atoms with Crippen LogP contribution in [0, 0.1) is 0 Å². The van der Waals surface area contributed by atoms with E-state index in [0.717, 1.165) is 30.2 Å². The highest BCUT2D eigenvalue weighted by Crippen LogP contribution is 2.33. The van der Waals surface area contributed by atoms with Crippen LogP contribution in [0.2, 0.25) is 5.02 Å². The van der Waals surface area contributed by atoms with Crippen LogP contribution in [0.1, 0.15) is 21.5 Å². The number of carbonyl (C=O) groups excluding carboxylic acids is 1. The van der Waals surface area contributed by atoms with Gasteiger partial charge in [-0.05, 0) is 70.1 Å². The molecule has 0 aliphatic rings. The maximum absolute atomic E-state index is 12.9.